The first kappa shape index (κ1) is 22.7. The van der Waals surface area contributed by atoms with Crippen LogP contribution in [-0.2, 0) is 10.9 Å². The Labute approximate surface area is 164 Å². The van der Waals surface area contributed by atoms with Crippen LogP contribution in [0.4, 0.5) is 0 Å². The second-order valence-corrected chi connectivity index (χ2v) is 64.2. The number of halogens is 6. The molecule has 0 aliphatic heterocycles. The van der Waals surface area contributed by atoms with Gasteiger partial charge in [0, 0.05) is 4.90 Å². The average molecular weight is 582 g/mol. The zero-order valence-corrected chi connectivity index (χ0v) is 20.9. The quantitative estimate of drug-likeness (QED) is 0.202. The van der Waals surface area contributed by atoms with Crippen LogP contribution in [0.5, 0.6) is 0 Å². The maximum absolute atomic E-state index is 5.42. The fourth-order valence-corrected chi connectivity index (χ4v) is 3.33. The maximum atomic E-state index is 5.06. The minimum atomic E-state index is -5.42. The summed E-state index contributed by atoms with van der Waals surface area (Å²) in [5, 5.41) is 0. The predicted molar refractivity (Wildman–Crippen MR) is 115 cm³/mol. The summed E-state index contributed by atoms with van der Waals surface area (Å²) >= 11 is 1.79. The molecule has 0 bridgehead atoms. The van der Waals surface area contributed by atoms with Crippen LogP contribution in [0.25, 0.3) is 0 Å². The topological polar surface area (TPSA) is 0 Å². The van der Waals surface area contributed by atoms with Gasteiger partial charge in [-0.2, -0.15) is 0 Å². The summed E-state index contributed by atoms with van der Waals surface area (Å²) in [6.45, 7) is 0. The van der Waals surface area contributed by atoms with E-state index < -0.39 is 9.14 Å². The zero-order valence-electron chi connectivity index (χ0n) is 12.2. The molecule has 0 nitrogen and oxygen atoms in total. The molecule has 0 radical (unpaired) electrons. The molecular formula is C14H15Cl6S2Sb. The molecule has 0 aliphatic carbocycles. The van der Waals surface area contributed by atoms with Gasteiger partial charge in [-0.3, -0.25) is 0 Å². The van der Waals surface area contributed by atoms with Crippen molar-refractivity contribution >= 4 is 84.8 Å². The fraction of sp³-hybridized carbons (Fsp3) is 0.143. The van der Waals surface area contributed by atoms with E-state index in [-0.39, 0.29) is 10.9 Å². The van der Waals surface area contributed by atoms with E-state index in [1.807, 2.05) is 0 Å². The van der Waals surface area contributed by atoms with E-state index in [1.54, 1.807) is 11.8 Å². The molecule has 130 valence electrons. The van der Waals surface area contributed by atoms with Crippen molar-refractivity contribution in [3.05, 3.63) is 54.6 Å². The Morgan fingerprint density at radius 3 is 1.52 bits per heavy atom. The van der Waals surface area contributed by atoms with Crippen LogP contribution in [0, 0.1) is 0 Å². The van der Waals surface area contributed by atoms with E-state index in [9.17, 15) is 0 Å². The van der Waals surface area contributed by atoms with Gasteiger partial charge in [-0.15, -0.1) is 11.8 Å². The van der Waals surface area contributed by atoms with Gasteiger partial charge >= 0.3 is 62.1 Å². The molecule has 0 heterocycles. The minimum absolute atomic E-state index is 0.184. The third-order valence-electron chi connectivity index (χ3n) is 2.51. The van der Waals surface area contributed by atoms with E-state index >= 15 is 0 Å². The van der Waals surface area contributed by atoms with E-state index in [0.29, 0.717) is 0 Å². The molecule has 2 rings (SSSR count). The molecule has 23 heavy (non-hydrogen) atoms. The van der Waals surface area contributed by atoms with Crippen molar-refractivity contribution in [3.8, 4) is 0 Å². The summed E-state index contributed by atoms with van der Waals surface area (Å²) in [5.41, 5.74) is 0. The summed E-state index contributed by atoms with van der Waals surface area (Å²) < 4.78 is 0. The van der Waals surface area contributed by atoms with Crippen LogP contribution >= 0.6 is 64.7 Å². The third-order valence-corrected chi connectivity index (χ3v) is 5.21. The molecule has 0 fully saturated rings. The van der Waals surface area contributed by atoms with Gasteiger partial charge in [0.2, 0.25) is 0 Å². The Hall–Kier alpha value is 1.70. The van der Waals surface area contributed by atoms with Crippen LogP contribution in [0.2, 0.25) is 0 Å². The summed E-state index contributed by atoms with van der Waals surface area (Å²) in [6.07, 6.45) is 4.39. The van der Waals surface area contributed by atoms with Crippen molar-refractivity contribution in [2.75, 3.05) is 12.5 Å². The first-order valence-corrected chi connectivity index (χ1v) is 28.4. The molecule has 0 aromatic heterocycles. The molecule has 1 atom stereocenters. The van der Waals surface area contributed by atoms with Crippen molar-refractivity contribution in [1.82, 2.24) is 0 Å². The van der Waals surface area contributed by atoms with Gasteiger partial charge in [0.05, 0.1) is 10.9 Å². The monoisotopic (exact) mass is 578 g/mol. The van der Waals surface area contributed by atoms with Crippen molar-refractivity contribution in [3.63, 3.8) is 0 Å². The number of rotatable bonds is 3. The van der Waals surface area contributed by atoms with Crippen molar-refractivity contribution < 1.29 is 0 Å². The standard InChI is InChI=1S/C14H15S2.6ClH.Sb/c1-15-12-8-10-14(11-9-12)16(2)13-6-4-3-5-7-13;;;;;;;/h3-11H,1-2H3;6*1H;/q+1;;;;;;;+5/p-6. The first-order valence-electron chi connectivity index (χ1n) is 6.18. The van der Waals surface area contributed by atoms with E-state index in [1.165, 1.54) is 14.7 Å². The molecule has 0 spiro atoms. The summed E-state index contributed by atoms with van der Waals surface area (Å²) in [7, 11) is 25.2. The number of thioether (sulfide) groups is 1. The average Bonchev–Trinajstić information content (AvgIpc) is 2.44. The molecule has 0 N–H and O–H groups in total. The van der Waals surface area contributed by atoms with E-state index in [4.69, 9.17) is 53.0 Å². The molecular weight excluding hydrogens is 567 g/mol. The zero-order chi connectivity index (χ0) is 17.8. The van der Waals surface area contributed by atoms with E-state index in [0.717, 1.165) is 0 Å². The summed E-state index contributed by atoms with van der Waals surface area (Å²) in [4.78, 5) is 4.14. The number of hydrogen-bond acceptors (Lipinski definition) is 1. The van der Waals surface area contributed by atoms with Gasteiger partial charge in [-0.1, -0.05) is 18.2 Å². The van der Waals surface area contributed by atoms with Gasteiger partial charge in [-0.05, 0) is 42.7 Å². The fourth-order valence-electron chi connectivity index (χ4n) is 1.54. The molecule has 0 saturated carbocycles. The van der Waals surface area contributed by atoms with Crippen molar-refractivity contribution in [1.29, 1.82) is 0 Å². The van der Waals surface area contributed by atoms with Gasteiger partial charge < -0.3 is 0 Å². The molecule has 0 saturated heterocycles. The van der Waals surface area contributed by atoms with Crippen LogP contribution in [-0.4, -0.2) is 21.7 Å². The normalized spacial score (nSPS) is 15.7. The molecule has 2 aromatic rings. The van der Waals surface area contributed by atoms with Crippen LogP contribution in [0.15, 0.2) is 69.3 Å². The van der Waals surface area contributed by atoms with Gasteiger partial charge in [0.25, 0.3) is 0 Å². The Morgan fingerprint density at radius 1 is 0.739 bits per heavy atom. The number of benzene rings is 2. The van der Waals surface area contributed by atoms with Gasteiger partial charge in [0.15, 0.2) is 9.79 Å². The molecule has 1 unspecified atom stereocenters. The van der Waals surface area contributed by atoms with Gasteiger partial charge in [0.1, 0.15) is 6.26 Å². The Kier molecular flexibility index (Phi) is 8.06. The molecule has 0 aliphatic rings. The van der Waals surface area contributed by atoms with Crippen molar-refractivity contribution in [2.24, 2.45) is 0 Å². The molecule has 9 heteroatoms. The van der Waals surface area contributed by atoms with Crippen LogP contribution < -0.4 is 0 Å². The summed E-state index contributed by atoms with van der Waals surface area (Å²) in [5.74, 6) is 0. The molecule has 2 aromatic carbocycles. The first-order chi connectivity index (χ1) is 10.3. The Balaban J connectivity index is 0.000000322. The van der Waals surface area contributed by atoms with Crippen LogP contribution in [0.1, 0.15) is 0 Å². The SMILES string of the molecule is CSc1ccc([S+](C)c2ccccc2)cc1.[Cl][Sb-]([Cl])([Cl])([Cl])([Cl])[Cl]. The Morgan fingerprint density at radius 2 is 1.13 bits per heavy atom. The summed E-state index contributed by atoms with van der Waals surface area (Å²) in [6, 6.07) is 19.6. The Bertz CT molecular complexity index is 614. The molecule has 0 amide bonds. The predicted octanol–water partition coefficient (Wildman–Crippen LogP) is 7.83. The van der Waals surface area contributed by atoms with Crippen molar-refractivity contribution in [2.45, 2.75) is 14.7 Å². The van der Waals surface area contributed by atoms with Gasteiger partial charge in [-0.25, -0.2) is 0 Å². The second kappa shape index (κ2) is 8.15. The third kappa shape index (κ3) is 12.7. The second-order valence-electron chi connectivity index (χ2n) is 4.46. The van der Waals surface area contributed by atoms with E-state index in [2.05, 4.69) is 67.1 Å². The van der Waals surface area contributed by atoms with Crippen LogP contribution in [0.3, 0.4) is 0 Å². The number of hydrogen-bond donors (Lipinski definition) is 0.